The zero-order valence-electron chi connectivity index (χ0n) is 12.4. The van der Waals surface area contributed by atoms with Crippen LogP contribution in [0.2, 0.25) is 0 Å². The molecule has 2 aromatic carbocycles. The van der Waals surface area contributed by atoms with Gasteiger partial charge in [0.05, 0.1) is 0 Å². The van der Waals surface area contributed by atoms with Gasteiger partial charge in [0.25, 0.3) is 11.6 Å². The molecular formula is C16H13F6NO. The monoisotopic (exact) mass is 349 g/mol. The first-order valence-corrected chi connectivity index (χ1v) is 6.97. The molecule has 1 atom stereocenters. The predicted molar refractivity (Wildman–Crippen MR) is 77.7 cm³/mol. The van der Waals surface area contributed by atoms with E-state index in [1.54, 1.807) is 29.6 Å². The zero-order valence-corrected chi connectivity index (χ0v) is 12.4. The van der Waals surface area contributed by atoms with Crippen molar-refractivity contribution in [3.05, 3.63) is 42.5 Å². The second-order valence-electron chi connectivity index (χ2n) is 5.21. The predicted octanol–water partition coefficient (Wildman–Crippen LogP) is 5.09. The van der Waals surface area contributed by atoms with Crippen molar-refractivity contribution < 1.29 is 31.1 Å². The third-order valence-electron chi connectivity index (χ3n) is 3.76. The van der Waals surface area contributed by atoms with Crippen LogP contribution in [0.1, 0.15) is 13.3 Å². The van der Waals surface area contributed by atoms with Crippen LogP contribution < -0.4 is 5.32 Å². The Kier molecular flexibility index (Phi) is 4.52. The van der Waals surface area contributed by atoms with Gasteiger partial charge in [-0.25, -0.2) is 4.39 Å². The number of anilines is 1. The average molecular weight is 349 g/mol. The van der Waals surface area contributed by atoms with Gasteiger partial charge in [-0.05, 0) is 17.9 Å². The number of carbonyl (C=O) groups excluding carboxylic acids is 1. The first-order valence-electron chi connectivity index (χ1n) is 6.97. The maximum atomic E-state index is 13.9. The molecule has 0 aliphatic heterocycles. The van der Waals surface area contributed by atoms with Crippen molar-refractivity contribution >= 4 is 22.4 Å². The molecule has 24 heavy (non-hydrogen) atoms. The number of carbonyl (C=O) groups is 1. The number of rotatable bonds is 4. The highest BCUT2D eigenvalue weighted by Crippen LogP contribution is 2.48. The summed E-state index contributed by atoms with van der Waals surface area (Å²) in [7, 11) is 0. The van der Waals surface area contributed by atoms with Crippen LogP contribution >= 0.6 is 0 Å². The Hall–Kier alpha value is -2.25. The molecule has 2 nitrogen and oxygen atoms in total. The molecule has 0 spiro atoms. The summed E-state index contributed by atoms with van der Waals surface area (Å²) in [5, 5.41) is 2.63. The maximum Gasteiger partial charge on any atom is 0.429 e. The van der Waals surface area contributed by atoms with Gasteiger partial charge in [-0.15, -0.1) is 0 Å². The molecule has 0 aromatic heterocycles. The first kappa shape index (κ1) is 18.1. The van der Waals surface area contributed by atoms with Gasteiger partial charge >= 0.3 is 12.1 Å². The number of nitrogens with one attached hydrogen (secondary N) is 1. The van der Waals surface area contributed by atoms with E-state index in [1.165, 1.54) is 18.2 Å². The summed E-state index contributed by atoms with van der Waals surface area (Å²) < 4.78 is 80.0. The largest absolute Gasteiger partial charge is 0.429 e. The maximum absolute atomic E-state index is 13.9. The number of amides is 1. The molecule has 2 aromatic rings. The van der Waals surface area contributed by atoms with E-state index >= 15 is 0 Å². The SMILES string of the molecule is CCC(F)(C(F)(F)F)C(F)(F)C(=O)Nc1cccc2ccccc12. The second-order valence-corrected chi connectivity index (χ2v) is 5.21. The average Bonchev–Trinajstić information content (AvgIpc) is 2.53. The molecule has 0 aliphatic carbocycles. The summed E-state index contributed by atoms with van der Waals surface area (Å²) in [5.41, 5.74) is -5.08. The van der Waals surface area contributed by atoms with Gasteiger partial charge in [-0.3, -0.25) is 4.79 Å². The number of benzene rings is 2. The van der Waals surface area contributed by atoms with Crippen LogP contribution in [0, 0.1) is 0 Å². The Morgan fingerprint density at radius 3 is 2.12 bits per heavy atom. The van der Waals surface area contributed by atoms with Gasteiger partial charge in [0.15, 0.2) is 0 Å². The van der Waals surface area contributed by atoms with Crippen LogP contribution in [-0.2, 0) is 4.79 Å². The lowest BCUT2D eigenvalue weighted by molar-refractivity contribution is -0.293. The van der Waals surface area contributed by atoms with E-state index in [1.807, 2.05) is 0 Å². The highest BCUT2D eigenvalue weighted by atomic mass is 19.4. The number of hydrogen-bond donors (Lipinski definition) is 1. The highest BCUT2D eigenvalue weighted by Gasteiger charge is 2.73. The topological polar surface area (TPSA) is 29.1 Å². The minimum atomic E-state index is -5.89. The summed E-state index contributed by atoms with van der Waals surface area (Å²) in [4.78, 5) is 11.7. The van der Waals surface area contributed by atoms with Crippen LogP contribution in [-0.4, -0.2) is 23.7 Å². The molecule has 0 aliphatic rings. The number of hydrogen-bond acceptors (Lipinski definition) is 1. The Morgan fingerprint density at radius 1 is 0.958 bits per heavy atom. The standard InChI is InChI=1S/C16H13F6NO/c1-2-14(17,16(20,21)22)15(18,19)13(24)23-12-9-5-7-10-6-3-4-8-11(10)12/h3-9H,2H2,1H3,(H,23,24). The van der Waals surface area contributed by atoms with Crippen molar-refractivity contribution in [3.63, 3.8) is 0 Å². The molecule has 1 amide bonds. The van der Waals surface area contributed by atoms with E-state index < -0.39 is 30.1 Å². The van der Waals surface area contributed by atoms with Gasteiger partial charge < -0.3 is 5.32 Å². The van der Waals surface area contributed by atoms with E-state index in [2.05, 4.69) is 0 Å². The number of fused-ring (bicyclic) bond motifs is 1. The molecule has 1 N–H and O–H groups in total. The third-order valence-corrected chi connectivity index (χ3v) is 3.76. The lowest BCUT2D eigenvalue weighted by Crippen LogP contribution is -2.60. The first-order chi connectivity index (χ1) is 11.0. The molecule has 0 radical (unpaired) electrons. The molecule has 0 bridgehead atoms. The second kappa shape index (κ2) is 5.99. The smallest absolute Gasteiger partial charge is 0.320 e. The summed E-state index contributed by atoms with van der Waals surface area (Å²) in [6, 6.07) is 10.7. The van der Waals surface area contributed by atoms with Gasteiger partial charge in [0, 0.05) is 11.1 Å². The summed E-state index contributed by atoms with van der Waals surface area (Å²) in [5.74, 6) is -7.63. The molecule has 8 heteroatoms. The fourth-order valence-electron chi connectivity index (χ4n) is 2.32. The Labute approximate surface area is 133 Å². The Morgan fingerprint density at radius 2 is 1.54 bits per heavy atom. The lowest BCUT2D eigenvalue weighted by atomic mass is 9.93. The molecule has 0 saturated heterocycles. The summed E-state index contributed by atoms with van der Waals surface area (Å²) >= 11 is 0. The molecule has 2 rings (SSSR count). The minimum Gasteiger partial charge on any atom is -0.320 e. The quantitative estimate of drug-likeness (QED) is 0.765. The summed E-state index contributed by atoms with van der Waals surface area (Å²) in [6.45, 7) is 0.604. The molecule has 0 saturated carbocycles. The molecule has 130 valence electrons. The minimum absolute atomic E-state index is 0.126. The molecular weight excluding hydrogens is 336 g/mol. The summed E-state index contributed by atoms with van der Waals surface area (Å²) in [6.07, 6.45) is -7.48. The molecule has 1 unspecified atom stereocenters. The van der Waals surface area contributed by atoms with Crippen LogP contribution in [0.15, 0.2) is 42.5 Å². The molecule has 0 fully saturated rings. The van der Waals surface area contributed by atoms with E-state index in [0.29, 0.717) is 17.7 Å². The Bertz CT molecular complexity index is 752. The Balaban J connectivity index is 2.40. The van der Waals surface area contributed by atoms with E-state index in [9.17, 15) is 31.1 Å². The van der Waals surface area contributed by atoms with Crippen molar-refractivity contribution in [2.45, 2.75) is 31.1 Å². The zero-order chi connectivity index (χ0) is 18.2. The van der Waals surface area contributed by atoms with Crippen molar-refractivity contribution in [2.24, 2.45) is 0 Å². The van der Waals surface area contributed by atoms with Crippen molar-refractivity contribution in [3.8, 4) is 0 Å². The van der Waals surface area contributed by atoms with Gasteiger partial charge in [0.1, 0.15) is 0 Å². The normalized spacial score (nSPS) is 15.1. The third kappa shape index (κ3) is 2.81. The van der Waals surface area contributed by atoms with Gasteiger partial charge in [0.2, 0.25) is 0 Å². The fourth-order valence-corrected chi connectivity index (χ4v) is 2.32. The number of halogens is 6. The van der Waals surface area contributed by atoms with Gasteiger partial charge in [-0.2, -0.15) is 22.0 Å². The van der Waals surface area contributed by atoms with Crippen molar-refractivity contribution in [2.75, 3.05) is 5.32 Å². The lowest BCUT2D eigenvalue weighted by Gasteiger charge is -2.33. The van der Waals surface area contributed by atoms with Crippen molar-refractivity contribution in [1.29, 1.82) is 0 Å². The highest BCUT2D eigenvalue weighted by molar-refractivity contribution is 6.04. The van der Waals surface area contributed by atoms with Crippen LogP contribution in [0.25, 0.3) is 10.8 Å². The number of alkyl halides is 6. The van der Waals surface area contributed by atoms with Gasteiger partial charge in [-0.1, -0.05) is 43.3 Å². The molecule has 0 heterocycles. The van der Waals surface area contributed by atoms with Crippen LogP contribution in [0.4, 0.5) is 32.0 Å². The van der Waals surface area contributed by atoms with E-state index in [0.717, 1.165) is 0 Å². The van der Waals surface area contributed by atoms with Crippen LogP contribution in [0.5, 0.6) is 0 Å². The van der Waals surface area contributed by atoms with E-state index in [4.69, 9.17) is 0 Å². The van der Waals surface area contributed by atoms with Crippen LogP contribution in [0.3, 0.4) is 0 Å². The van der Waals surface area contributed by atoms with Crippen molar-refractivity contribution in [1.82, 2.24) is 0 Å². The van der Waals surface area contributed by atoms with E-state index in [-0.39, 0.29) is 5.69 Å². The fraction of sp³-hybridized carbons (Fsp3) is 0.312.